The third-order valence-corrected chi connectivity index (χ3v) is 4.78. The first-order valence-corrected chi connectivity index (χ1v) is 8.72. The molecule has 0 radical (unpaired) electrons. The molecule has 1 amide bonds. The molecular weight excluding hydrogens is 333 g/mol. The minimum Gasteiger partial charge on any atom is -0.339 e. The van der Waals surface area contributed by atoms with Gasteiger partial charge in [0.1, 0.15) is 17.9 Å². The number of nitrogens with zero attached hydrogens (tertiary/aromatic N) is 5. The van der Waals surface area contributed by atoms with E-state index in [0.29, 0.717) is 25.2 Å². The van der Waals surface area contributed by atoms with Crippen LogP contribution in [0.25, 0.3) is 11.0 Å². The topological polar surface area (TPSA) is 54.3 Å². The number of hydrogen-bond donors (Lipinski definition) is 0. The van der Waals surface area contributed by atoms with E-state index in [0.717, 1.165) is 24.1 Å². The predicted octanol–water partition coefficient (Wildman–Crippen LogP) is 1.91. The fraction of sp³-hybridized carbons (Fsp3) is 0.316. The summed E-state index contributed by atoms with van der Waals surface area (Å²) < 4.78 is 15.4. The van der Waals surface area contributed by atoms with Crippen LogP contribution in [0.2, 0.25) is 0 Å². The van der Waals surface area contributed by atoms with Crippen LogP contribution in [0, 0.1) is 5.82 Å². The number of amides is 1. The van der Waals surface area contributed by atoms with E-state index in [1.165, 1.54) is 6.07 Å². The van der Waals surface area contributed by atoms with Gasteiger partial charge in [0.05, 0.1) is 5.52 Å². The molecule has 2 aromatic carbocycles. The molecule has 26 heavy (non-hydrogen) atoms. The Labute approximate surface area is 150 Å². The predicted molar refractivity (Wildman–Crippen MR) is 95.8 cm³/mol. The second kappa shape index (κ2) is 7.21. The van der Waals surface area contributed by atoms with Gasteiger partial charge in [-0.2, -0.15) is 0 Å². The number of carbonyl (C=O) groups excluding carboxylic acids is 1. The lowest BCUT2D eigenvalue weighted by molar-refractivity contribution is -0.133. The number of carbonyl (C=O) groups is 1. The van der Waals surface area contributed by atoms with Gasteiger partial charge in [-0.25, -0.2) is 9.07 Å². The Hall–Kier alpha value is -2.80. The molecule has 0 aliphatic carbocycles. The molecule has 0 saturated carbocycles. The van der Waals surface area contributed by atoms with Gasteiger partial charge in [0.25, 0.3) is 0 Å². The molecule has 1 saturated heterocycles. The lowest BCUT2D eigenvalue weighted by atomic mass is 10.2. The summed E-state index contributed by atoms with van der Waals surface area (Å²) in [5.41, 5.74) is 2.34. The number of piperazine rings is 1. The first-order valence-electron chi connectivity index (χ1n) is 8.72. The van der Waals surface area contributed by atoms with Crippen LogP contribution in [0.5, 0.6) is 0 Å². The van der Waals surface area contributed by atoms with Crippen LogP contribution < -0.4 is 0 Å². The van der Waals surface area contributed by atoms with Crippen molar-refractivity contribution in [2.45, 2.75) is 13.1 Å². The van der Waals surface area contributed by atoms with E-state index >= 15 is 0 Å². The standard InChI is InChI=1S/C19H20FN5O/c20-16-6-2-1-5-15(16)13-23-9-11-24(12-10-23)19(26)14-25-18-8-4-3-7-17(18)21-22-25/h1-8H,9-14H2. The zero-order valence-corrected chi connectivity index (χ0v) is 14.4. The molecule has 1 aliphatic rings. The second-order valence-corrected chi connectivity index (χ2v) is 6.48. The number of fused-ring (bicyclic) bond motifs is 1. The van der Waals surface area contributed by atoms with Crippen LogP contribution in [0.3, 0.4) is 0 Å². The number of para-hydroxylation sites is 1. The van der Waals surface area contributed by atoms with Gasteiger partial charge in [-0.05, 0) is 18.2 Å². The fourth-order valence-corrected chi connectivity index (χ4v) is 3.29. The molecule has 0 N–H and O–H groups in total. The van der Waals surface area contributed by atoms with E-state index in [2.05, 4.69) is 15.2 Å². The number of hydrogen-bond acceptors (Lipinski definition) is 4. The lowest BCUT2D eigenvalue weighted by Crippen LogP contribution is -2.49. The monoisotopic (exact) mass is 353 g/mol. The Balaban J connectivity index is 1.34. The van der Waals surface area contributed by atoms with Gasteiger partial charge in [-0.15, -0.1) is 5.10 Å². The highest BCUT2D eigenvalue weighted by atomic mass is 19.1. The molecule has 0 unspecified atom stereocenters. The molecule has 134 valence electrons. The molecule has 1 aromatic heterocycles. The Morgan fingerprint density at radius 1 is 1.00 bits per heavy atom. The molecule has 0 spiro atoms. The number of halogens is 1. The van der Waals surface area contributed by atoms with Crippen molar-refractivity contribution in [1.82, 2.24) is 24.8 Å². The van der Waals surface area contributed by atoms with Crippen LogP contribution in [0.15, 0.2) is 48.5 Å². The first-order chi connectivity index (χ1) is 12.7. The van der Waals surface area contributed by atoms with Crippen molar-refractivity contribution in [3.8, 4) is 0 Å². The Morgan fingerprint density at radius 3 is 2.54 bits per heavy atom. The summed E-state index contributed by atoms with van der Waals surface area (Å²) >= 11 is 0. The van der Waals surface area contributed by atoms with Gasteiger partial charge in [0.2, 0.25) is 5.91 Å². The van der Waals surface area contributed by atoms with Gasteiger partial charge in [-0.3, -0.25) is 9.69 Å². The van der Waals surface area contributed by atoms with Gasteiger partial charge >= 0.3 is 0 Å². The zero-order valence-electron chi connectivity index (χ0n) is 14.4. The molecule has 0 bridgehead atoms. The highest BCUT2D eigenvalue weighted by molar-refractivity contribution is 5.79. The smallest absolute Gasteiger partial charge is 0.244 e. The average molecular weight is 353 g/mol. The van der Waals surface area contributed by atoms with Crippen molar-refractivity contribution in [3.05, 3.63) is 59.9 Å². The molecule has 2 heterocycles. The van der Waals surface area contributed by atoms with Gasteiger partial charge in [-0.1, -0.05) is 35.5 Å². The summed E-state index contributed by atoms with van der Waals surface area (Å²) in [6, 6.07) is 14.4. The number of aromatic nitrogens is 3. The largest absolute Gasteiger partial charge is 0.339 e. The van der Waals surface area contributed by atoms with Crippen LogP contribution in [0.4, 0.5) is 4.39 Å². The number of benzene rings is 2. The second-order valence-electron chi connectivity index (χ2n) is 6.48. The van der Waals surface area contributed by atoms with E-state index in [1.54, 1.807) is 10.7 Å². The van der Waals surface area contributed by atoms with Crippen molar-refractivity contribution in [3.63, 3.8) is 0 Å². The summed E-state index contributed by atoms with van der Waals surface area (Å²) in [4.78, 5) is 16.6. The molecule has 1 aliphatic heterocycles. The van der Waals surface area contributed by atoms with Crippen molar-refractivity contribution in [1.29, 1.82) is 0 Å². The summed E-state index contributed by atoms with van der Waals surface area (Å²) in [5.74, 6) is -0.143. The van der Waals surface area contributed by atoms with E-state index < -0.39 is 0 Å². The van der Waals surface area contributed by atoms with E-state index in [-0.39, 0.29) is 18.3 Å². The fourth-order valence-electron chi connectivity index (χ4n) is 3.29. The van der Waals surface area contributed by atoms with E-state index in [9.17, 15) is 9.18 Å². The van der Waals surface area contributed by atoms with Crippen molar-refractivity contribution in [2.75, 3.05) is 26.2 Å². The van der Waals surface area contributed by atoms with Crippen LogP contribution >= 0.6 is 0 Å². The lowest BCUT2D eigenvalue weighted by Gasteiger charge is -2.34. The molecule has 0 atom stereocenters. The van der Waals surface area contributed by atoms with Gasteiger partial charge in [0, 0.05) is 38.3 Å². The normalized spacial score (nSPS) is 15.5. The average Bonchev–Trinajstić information content (AvgIpc) is 3.07. The Morgan fingerprint density at radius 2 is 1.73 bits per heavy atom. The molecule has 7 heteroatoms. The third-order valence-electron chi connectivity index (χ3n) is 4.78. The molecule has 1 fully saturated rings. The highest BCUT2D eigenvalue weighted by Gasteiger charge is 2.22. The minimum absolute atomic E-state index is 0.0335. The van der Waals surface area contributed by atoms with Crippen LogP contribution in [-0.2, 0) is 17.9 Å². The summed E-state index contributed by atoms with van der Waals surface area (Å²) in [6.07, 6.45) is 0. The first kappa shape index (κ1) is 16.7. The maximum Gasteiger partial charge on any atom is 0.244 e. The Kier molecular flexibility index (Phi) is 4.62. The quantitative estimate of drug-likeness (QED) is 0.719. The van der Waals surface area contributed by atoms with Crippen molar-refractivity contribution >= 4 is 16.9 Å². The number of rotatable bonds is 4. The van der Waals surface area contributed by atoms with Crippen LogP contribution in [-0.4, -0.2) is 56.9 Å². The summed E-state index contributed by atoms with van der Waals surface area (Å²) in [7, 11) is 0. The minimum atomic E-state index is -0.177. The van der Waals surface area contributed by atoms with Gasteiger partial charge < -0.3 is 4.90 Å². The zero-order chi connectivity index (χ0) is 17.9. The maximum absolute atomic E-state index is 13.8. The van der Waals surface area contributed by atoms with Crippen molar-refractivity contribution < 1.29 is 9.18 Å². The summed E-state index contributed by atoms with van der Waals surface area (Å²) in [5, 5.41) is 8.16. The maximum atomic E-state index is 13.8. The molecule has 6 nitrogen and oxygen atoms in total. The van der Waals surface area contributed by atoms with Gasteiger partial charge in [0.15, 0.2) is 0 Å². The SMILES string of the molecule is O=C(Cn1nnc2ccccc21)N1CCN(Cc2ccccc2F)CC1. The molecular formula is C19H20FN5O. The Bertz CT molecular complexity index is 917. The molecule has 3 aromatic rings. The third kappa shape index (κ3) is 3.43. The van der Waals surface area contributed by atoms with E-state index in [4.69, 9.17) is 0 Å². The van der Waals surface area contributed by atoms with Crippen molar-refractivity contribution in [2.24, 2.45) is 0 Å². The van der Waals surface area contributed by atoms with Crippen LogP contribution in [0.1, 0.15) is 5.56 Å². The van der Waals surface area contributed by atoms with E-state index in [1.807, 2.05) is 41.3 Å². The summed E-state index contributed by atoms with van der Waals surface area (Å²) in [6.45, 7) is 3.51. The highest BCUT2D eigenvalue weighted by Crippen LogP contribution is 2.13. The molecule has 4 rings (SSSR count).